The number of carbonyl (C=O) groups excluding carboxylic acids is 2. The number of nitrogens with zero attached hydrogens (tertiary/aromatic N) is 1. The number of hydrogen-bond donors (Lipinski definition) is 0. The van der Waals surface area contributed by atoms with E-state index in [0.29, 0.717) is 12.3 Å². The Labute approximate surface area is 79.1 Å². The number of amides is 1. The van der Waals surface area contributed by atoms with Crippen molar-refractivity contribution in [3.8, 4) is 0 Å². The van der Waals surface area contributed by atoms with Crippen LogP contribution in [0.25, 0.3) is 0 Å². The minimum absolute atomic E-state index is 0.101. The van der Waals surface area contributed by atoms with Crippen LogP contribution in [0.5, 0.6) is 0 Å². The smallest absolute Gasteiger partial charge is 0.222 e. The Morgan fingerprint density at radius 3 is 2.54 bits per heavy atom. The fourth-order valence-corrected chi connectivity index (χ4v) is 1.91. The molecule has 13 heavy (non-hydrogen) atoms. The van der Waals surface area contributed by atoms with Crippen LogP contribution in [0, 0.1) is 5.92 Å². The largest absolute Gasteiger partial charge is 0.332 e. The summed E-state index contributed by atoms with van der Waals surface area (Å²) >= 11 is 0. The topological polar surface area (TPSA) is 37.4 Å². The average molecular weight is 183 g/mol. The number of Topliss-reactive ketones (excluding diaryl/α,β-unsaturated/α-hetero) is 1. The van der Waals surface area contributed by atoms with Crippen LogP contribution in [0.15, 0.2) is 0 Å². The van der Waals surface area contributed by atoms with Gasteiger partial charge < -0.3 is 4.90 Å². The fraction of sp³-hybridized carbons (Fsp3) is 0.800. The molecule has 0 aromatic heterocycles. The molecule has 0 aromatic rings. The van der Waals surface area contributed by atoms with Crippen molar-refractivity contribution in [1.82, 2.24) is 4.90 Å². The Morgan fingerprint density at radius 2 is 2.08 bits per heavy atom. The predicted octanol–water partition coefficient (Wildman–Crippen LogP) is 1.22. The highest BCUT2D eigenvalue weighted by atomic mass is 16.2. The first-order chi connectivity index (χ1) is 6.06. The van der Waals surface area contributed by atoms with Gasteiger partial charge in [-0.2, -0.15) is 0 Å². The minimum Gasteiger partial charge on any atom is -0.332 e. The second-order valence-electron chi connectivity index (χ2n) is 3.87. The summed E-state index contributed by atoms with van der Waals surface area (Å²) in [5.41, 5.74) is 0. The van der Waals surface area contributed by atoms with Gasteiger partial charge in [-0.05, 0) is 19.3 Å². The molecule has 1 saturated heterocycles. The van der Waals surface area contributed by atoms with E-state index in [9.17, 15) is 9.59 Å². The molecule has 0 spiro atoms. The van der Waals surface area contributed by atoms with E-state index in [1.54, 1.807) is 11.8 Å². The van der Waals surface area contributed by atoms with Crippen molar-refractivity contribution in [3.63, 3.8) is 0 Å². The van der Waals surface area contributed by atoms with E-state index in [2.05, 4.69) is 6.92 Å². The lowest BCUT2D eigenvalue weighted by atomic mass is 10.1. The number of rotatable bonds is 2. The van der Waals surface area contributed by atoms with Crippen molar-refractivity contribution < 1.29 is 9.59 Å². The van der Waals surface area contributed by atoms with Crippen molar-refractivity contribution in [3.05, 3.63) is 0 Å². The first-order valence-corrected chi connectivity index (χ1v) is 4.86. The molecule has 1 aliphatic rings. The van der Waals surface area contributed by atoms with E-state index >= 15 is 0 Å². The van der Waals surface area contributed by atoms with Crippen molar-refractivity contribution in [1.29, 1.82) is 0 Å². The lowest BCUT2D eigenvalue weighted by Gasteiger charge is -2.21. The Morgan fingerprint density at radius 1 is 1.46 bits per heavy atom. The molecule has 0 bridgehead atoms. The molecule has 0 radical (unpaired) electrons. The van der Waals surface area contributed by atoms with Gasteiger partial charge in [0.25, 0.3) is 0 Å². The van der Waals surface area contributed by atoms with Crippen LogP contribution < -0.4 is 0 Å². The SMILES string of the molecule is CCC(=O)N1C[C@@H](C)C[C@H]1C(C)=O. The molecule has 1 heterocycles. The molecule has 1 aliphatic heterocycles. The summed E-state index contributed by atoms with van der Waals surface area (Å²) < 4.78 is 0. The molecular formula is C10H17NO2. The quantitative estimate of drug-likeness (QED) is 0.645. The Balaban J connectivity index is 2.71. The van der Waals surface area contributed by atoms with Crippen LogP contribution in [0.4, 0.5) is 0 Å². The van der Waals surface area contributed by atoms with Gasteiger partial charge in [0, 0.05) is 13.0 Å². The van der Waals surface area contributed by atoms with Gasteiger partial charge in [-0.3, -0.25) is 9.59 Å². The molecule has 1 fully saturated rings. The Kier molecular flexibility index (Phi) is 3.07. The van der Waals surface area contributed by atoms with Crippen LogP contribution in [-0.2, 0) is 9.59 Å². The molecule has 0 aliphatic carbocycles. The Hall–Kier alpha value is -0.860. The minimum atomic E-state index is -0.151. The second-order valence-corrected chi connectivity index (χ2v) is 3.87. The number of hydrogen-bond acceptors (Lipinski definition) is 2. The summed E-state index contributed by atoms with van der Waals surface area (Å²) in [6.45, 7) is 6.23. The van der Waals surface area contributed by atoms with E-state index < -0.39 is 0 Å². The van der Waals surface area contributed by atoms with Crippen molar-refractivity contribution in [2.75, 3.05) is 6.54 Å². The third-order valence-electron chi connectivity index (χ3n) is 2.60. The fourth-order valence-electron chi connectivity index (χ4n) is 1.91. The highest BCUT2D eigenvalue weighted by molar-refractivity contribution is 5.88. The van der Waals surface area contributed by atoms with E-state index in [-0.39, 0.29) is 17.7 Å². The van der Waals surface area contributed by atoms with Gasteiger partial charge in [0.15, 0.2) is 5.78 Å². The maximum absolute atomic E-state index is 11.4. The molecule has 74 valence electrons. The number of ketones is 1. The summed E-state index contributed by atoms with van der Waals surface area (Å²) in [7, 11) is 0. The average Bonchev–Trinajstić information content (AvgIpc) is 2.46. The van der Waals surface area contributed by atoms with Crippen molar-refractivity contribution in [2.45, 2.75) is 39.7 Å². The van der Waals surface area contributed by atoms with E-state index in [1.165, 1.54) is 0 Å². The first kappa shape index (κ1) is 10.2. The summed E-state index contributed by atoms with van der Waals surface area (Å²) in [6.07, 6.45) is 1.33. The second kappa shape index (κ2) is 3.90. The van der Waals surface area contributed by atoms with Gasteiger partial charge in [-0.25, -0.2) is 0 Å². The zero-order valence-corrected chi connectivity index (χ0v) is 8.54. The lowest BCUT2D eigenvalue weighted by molar-refractivity contribution is -0.136. The molecule has 1 rings (SSSR count). The maximum Gasteiger partial charge on any atom is 0.222 e. The van der Waals surface area contributed by atoms with Gasteiger partial charge in [-0.1, -0.05) is 13.8 Å². The molecule has 0 unspecified atom stereocenters. The monoisotopic (exact) mass is 183 g/mol. The standard InChI is InChI=1S/C10H17NO2/c1-4-10(13)11-6-7(2)5-9(11)8(3)12/h7,9H,4-6H2,1-3H3/t7-,9-/m0/s1. The molecule has 2 atom stereocenters. The van der Waals surface area contributed by atoms with E-state index in [4.69, 9.17) is 0 Å². The molecule has 0 saturated carbocycles. The highest BCUT2D eigenvalue weighted by Crippen LogP contribution is 2.23. The van der Waals surface area contributed by atoms with Gasteiger partial charge in [0.2, 0.25) is 5.91 Å². The van der Waals surface area contributed by atoms with Crippen molar-refractivity contribution in [2.24, 2.45) is 5.92 Å². The molecule has 3 heteroatoms. The van der Waals surface area contributed by atoms with E-state index in [0.717, 1.165) is 13.0 Å². The molecule has 0 aromatic carbocycles. The first-order valence-electron chi connectivity index (χ1n) is 4.86. The van der Waals surface area contributed by atoms with Crippen LogP contribution >= 0.6 is 0 Å². The molecule has 1 amide bonds. The lowest BCUT2D eigenvalue weighted by Crippen LogP contribution is -2.39. The normalized spacial score (nSPS) is 27.8. The third kappa shape index (κ3) is 2.08. The zero-order valence-electron chi connectivity index (χ0n) is 8.54. The summed E-state index contributed by atoms with van der Waals surface area (Å²) in [5, 5.41) is 0. The zero-order chi connectivity index (χ0) is 10.0. The third-order valence-corrected chi connectivity index (χ3v) is 2.60. The maximum atomic E-state index is 11.4. The Bertz CT molecular complexity index is 225. The summed E-state index contributed by atoms with van der Waals surface area (Å²) in [5.74, 6) is 0.681. The van der Waals surface area contributed by atoms with Crippen LogP contribution in [0.2, 0.25) is 0 Å². The summed E-state index contributed by atoms with van der Waals surface area (Å²) in [6, 6.07) is -0.151. The van der Waals surface area contributed by atoms with Crippen LogP contribution in [0.1, 0.15) is 33.6 Å². The molecular weight excluding hydrogens is 166 g/mol. The van der Waals surface area contributed by atoms with Crippen molar-refractivity contribution >= 4 is 11.7 Å². The van der Waals surface area contributed by atoms with Gasteiger partial charge in [0.05, 0.1) is 6.04 Å². The van der Waals surface area contributed by atoms with Gasteiger partial charge in [0.1, 0.15) is 0 Å². The number of likely N-dealkylation sites (tertiary alicyclic amines) is 1. The van der Waals surface area contributed by atoms with Crippen LogP contribution in [0.3, 0.4) is 0 Å². The summed E-state index contributed by atoms with van der Waals surface area (Å²) in [4.78, 5) is 24.4. The van der Waals surface area contributed by atoms with Crippen LogP contribution in [-0.4, -0.2) is 29.2 Å². The predicted molar refractivity (Wildman–Crippen MR) is 50.3 cm³/mol. The van der Waals surface area contributed by atoms with Gasteiger partial charge >= 0.3 is 0 Å². The van der Waals surface area contributed by atoms with E-state index in [1.807, 2.05) is 6.92 Å². The molecule has 3 nitrogen and oxygen atoms in total. The number of carbonyl (C=O) groups is 2. The highest BCUT2D eigenvalue weighted by Gasteiger charge is 2.34. The van der Waals surface area contributed by atoms with Gasteiger partial charge in [-0.15, -0.1) is 0 Å². The molecule has 0 N–H and O–H groups in total.